The fourth-order valence-electron chi connectivity index (χ4n) is 1.24. The maximum atomic E-state index is 11.5. The summed E-state index contributed by atoms with van der Waals surface area (Å²) < 4.78 is 22.3. The topological polar surface area (TPSA) is 101 Å². The van der Waals surface area contributed by atoms with Gasteiger partial charge in [0, 0.05) is 11.7 Å². The number of nitrogens with two attached hydrogens (primary N) is 1. The molecule has 0 saturated carbocycles. The van der Waals surface area contributed by atoms with Gasteiger partial charge < -0.3 is 10.6 Å². The molecule has 1 aromatic carbocycles. The van der Waals surface area contributed by atoms with Crippen molar-refractivity contribution in [3.8, 4) is 0 Å². The van der Waals surface area contributed by atoms with Gasteiger partial charge in [0.05, 0.1) is 4.90 Å². The Labute approximate surface area is 107 Å². The summed E-state index contributed by atoms with van der Waals surface area (Å²) in [6.07, 6.45) is 0.810. The molecule has 2 amide bonds. The lowest BCUT2D eigenvalue weighted by molar-refractivity contribution is 0.249. The summed E-state index contributed by atoms with van der Waals surface area (Å²) in [5.74, 6) is 0. The molecule has 0 aliphatic rings. The zero-order valence-electron chi connectivity index (χ0n) is 10.3. The van der Waals surface area contributed by atoms with Gasteiger partial charge in [0.25, 0.3) is 0 Å². The van der Waals surface area contributed by atoms with Crippen LogP contribution < -0.4 is 15.8 Å². The Morgan fingerprint density at radius 1 is 1.44 bits per heavy atom. The minimum Gasteiger partial charge on any atom is -0.335 e. The average Bonchev–Trinajstić information content (AvgIpc) is 2.27. The van der Waals surface area contributed by atoms with E-state index in [1.807, 2.05) is 13.8 Å². The Kier molecular flexibility index (Phi) is 4.69. The number of rotatable bonds is 4. The van der Waals surface area contributed by atoms with Crippen molar-refractivity contribution >= 4 is 21.7 Å². The number of anilines is 1. The second kappa shape index (κ2) is 5.83. The fraction of sp³-hybridized carbons (Fsp3) is 0.364. The Morgan fingerprint density at radius 3 is 2.67 bits per heavy atom. The lowest BCUT2D eigenvalue weighted by Crippen LogP contribution is -2.35. The van der Waals surface area contributed by atoms with Crippen LogP contribution in [-0.2, 0) is 10.0 Å². The van der Waals surface area contributed by atoms with Crippen LogP contribution in [0, 0.1) is 0 Å². The standard InChI is InChI=1S/C11H17N3O3S/c1-3-8(2)13-11(15)14-9-5-4-6-10(7-9)18(12,16)17/h4-8H,3H2,1-2H3,(H2,12,16,17)(H2,13,14,15). The van der Waals surface area contributed by atoms with Crippen LogP contribution in [0.25, 0.3) is 0 Å². The molecule has 0 spiro atoms. The van der Waals surface area contributed by atoms with Crippen LogP contribution in [0.4, 0.5) is 10.5 Å². The zero-order chi connectivity index (χ0) is 13.8. The third-order valence-corrected chi connectivity index (χ3v) is 3.32. The predicted molar refractivity (Wildman–Crippen MR) is 69.7 cm³/mol. The molecule has 1 atom stereocenters. The molecule has 0 bridgehead atoms. The summed E-state index contributed by atoms with van der Waals surface area (Å²) in [5.41, 5.74) is 0.377. The third-order valence-electron chi connectivity index (χ3n) is 2.41. The van der Waals surface area contributed by atoms with Gasteiger partial charge in [0.2, 0.25) is 10.0 Å². The highest BCUT2D eigenvalue weighted by Crippen LogP contribution is 2.13. The summed E-state index contributed by atoms with van der Waals surface area (Å²) in [7, 11) is -3.76. The minimum absolute atomic E-state index is 0.0381. The van der Waals surface area contributed by atoms with E-state index in [4.69, 9.17) is 5.14 Å². The van der Waals surface area contributed by atoms with Crippen molar-refractivity contribution in [1.82, 2.24) is 5.32 Å². The molecule has 0 aliphatic heterocycles. The van der Waals surface area contributed by atoms with Gasteiger partial charge in [0.1, 0.15) is 0 Å². The summed E-state index contributed by atoms with van der Waals surface area (Å²) in [4.78, 5) is 11.5. The van der Waals surface area contributed by atoms with Crippen LogP contribution in [0.15, 0.2) is 29.2 Å². The van der Waals surface area contributed by atoms with Crippen LogP contribution in [0.1, 0.15) is 20.3 Å². The molecule has 0 aliphatic carbocycles. The SMILES string of the molecule is CCC(C)NC(=O)Nc1cccc(S(N)(=O)=O)c1. The van der Waals surface area contributed by atoms with E-state index in [1.54, 1.807) is 6.07 Å². The first-order valence-electron chi connectivity index (χ1n) is 5.53. The molecule has 1 rings (SSSR count). The second-order valence-electron chi connectivity index (χ2n) is 3.98. The van der Waals surface area contributed by atoms with Crippen molar-refractivity contribution in [1.29, 1.82) is 0 Å². The van der Waals surface area contributed by atoms with E-state index in [-0.39, 0.29) is 17.0 Å². The number of hydrogen-bond acceptors (Lipinski definition) is 3. The van der Waals surface area contributed by atoms with Crippen LogP contribution in [0.3, 0.4) is 0 Å². The number of primary sulfonamides is 1. The predicted octanol–water partition coefficient (Wildman–Crippen LogP) is 1.25. The quantitative estimate of drug-likeness (QED) is 0.768. The Morgan fingerprint density at radius 2 is 2.11 bits per heavy atom. The van der Waals surface area contributed by atoms with Crippen molar-refractivity contribution in [2.75, 3.05) is 5.32 Å². The fourth-order valence-corrected chi connectivity index (χ4v) is 1.80. The minimum atomic E-state index is -3.76. The lowest BCUT2D eigenvalue weighted by atomic mass is 10.3. The Hall–Kier alpha value is -1.60. The summed E-state index contributed by atoms with van der Waals surface area (Å²) in [6, 6.07) is 5.45. The highest BCUT2D eigenvalue weighted by Gasteiger charge is 2.10. The molecule has 0 saturated heterocycles. The number of hydrogen-bond donors (Lipinski definition) is 3. The van der Waals surface area contributed by atoms with Crippen molar-refractivity contribution in [2.45, 2.75) is 31.2 Å². The first-order chi connectivity index (χ1) is 8.32. The van der Waals surface area contributed by atoms with E-state index >= 15 is 0 Å². The van der Waals surface area contributed by atoms with Gasteiger partial charge in [-0.25, -0.2) is 18.4 Å². The van der Waals surface area contributed by atoms with Gasteiger partial charge in [-0.05, 0) is 31.5 Å². The van der Waals surface area contributed by atoms with Crippen molar-refractivity contribution < 1.29 is 13.2 Å². The molecule has 0 aromatic heterocycles. The molecule has 7 heteroatoms. The highest BCUT2D eigenvalue weighted by molar-refractivity contribution is 7.89. The average molecular weight is 271 g/mol. The number of amides is 2. The van der Waals surface area contributed by atoms with Gasteiger partial charge in [-0.2, -0.15) is 0 Å². The number of nitrogens with one attached hydrogen (secondary N) is 2. The smallest absolute Gasteiger partial charge is 0.319 e. The molecule has 0 radical (unpaired) electrons. The van der Waals surface area contributed by atoms with Crippen LogP contribution >= 0.6 is 0 Å². The molecule has 6 nitrogen and oxygen atoms in total. The van der Waals surface area contributed by atoms with E-state index in [9.17, 15) is 13.2 Å². The number of sulfonamides is 1. The van der Waals surface area contributed by atoms with Crippen LogP contribution in [0.2, 0.25) is 0 Å². The van der Waals surface area contributed by atoms with Gasteiger partial charge in [0.15, 0.2) is 0 Å². The van der Waals surface area contributed by atoms with Crippen LogP contribution in [0.5, 0.6) is 0 Å². The van der Waals surface area contributed by atoms with E-state index < -0.39 is 10.0 Å². The van der Waals surface area contributed by atoms with E-state index in [0.29, 0.717) is 5.69 Å². The summed E-state index contributed by atoms with van der Waals surface area (Å²) >= 11 is 0. The van der Waals surface area contributed by atoms with Gasteiger partial charge >= 0.3 is 6.03 Å². The molecular weight excluding hydrogens is 254 g/mol. The van der Waals surface area contributed by atoms with Gasteiger partial charge in [-0.15, -0.1) is 0 Å². The lowest BCUT2D eigenvalue weighted by Gasteiger charge is -2.12. The summed E-state index contributed by atoms with van der Waals surface area (Å²) in [6.45, 7) is 3.83. The Balaban J connectivity index is 2.77. The summed E-state index contributed by atoms with van der Waals surface area (Å²) in [5, 5.41) is 10.3. The van der Waals surface area contributed by atoms with Crippen molar-refractivity contribution in [3.63, 3.8) is 0 Å². The molecule has 1 aromatic rings. The first kappa shape index (κ1) is 14.5. The molecule has 0 heterocycles. The molecule has 4 N–H and O–H groups in total. The van der Waals surface area contributed by atoms with Gasteiger partial charge in [-0.1, -0.05) is 13.0 Å². The number of urea groups is 1. The van der Waals surface area contributed by atoms with E-state index in [0.717, 1.165) is 6.42 Å². The highest BCUT2D eigenvalue weighted by atomic mass is 32.2. The number of benzene rings is 1. The molecule has 0 fully saturated rings. The molecular formula is C11H17N3O3S. The van der Waals surface area contributed by atoms with E-state index in [1.165, 1.54) is 18.2 Å². The zero-order valence-corrected chi connectivity index (χ0v) is 11.1. The maximum absolute atomic E-state index is 11.5. The largest absolute Gasteiger partial charge is 0.335 e. The first-order valence-corrected chi connectivity index (χ1v) is 7.08. The number of carbonyl (C=O) groups excluding carboxylic acids is 1. The Bertz CT molecular complexity index is 528. The molecule has 100 valence electrons. The van der Waals surface area contributed by atoms with Gasteiger partial charge in [-0.3, -0.25) is 0 Å². The monoisotopic (exact) mass is 271 g/mol. The normalized spacial score (nSPS) is 12.8. The van der Waals surface area contributed by atoms with Crippen molar-refractivity contribution in [2.24, 2.45) is 5.14 Å². The van der Waals surface area contributed by atoms with E-state index in [2.05, 4.69) is 10.6 Å². The third kappa shape index (κ3) is 4.34. The maximum Gasteiger partial charge on any atom is 0.319 e. The molecule has 1 unspecified atom stereocenters. The van der Waals surface area contributed by atoms with Crippen molar-refractivity contribution in [3.05, 3.63) is 24.3 Å². The van der Waals surface area contributed by atoms with Crippen LogP contribution in [-0.4, -0.2) is 20.5 Å². The second-order valence-corrected chi connectivity index (χ2v) is 5.54. The molecule has 18 heavy (non-hydrogen) atoms. The number of carbonyl (C=O) groups is 1.